The van der Waals surface area contributed by atoms with Gasteiger partial charge in [-0.15, -0.1) is 11.3 Å². The Balaban J connectivity index is 1.87. The fourth-order valence-corrected chi connectivity index (χ4v) is 5.08. The molecule has 102 valence electrons. The molecule has 0 saturated carbocycles. The highest BCUT2D eigenvalue weighted by atomic mass is 32.2. The summed E-state index contributed by atoms with van der Waals surface area (Å²) in [5.41, 5.74) is 1.33. The van der Waals surface area contributed by atoms with Gasteiger partial charge in [-0.3, -0.25) is 4.99 Å². The lowest BCUT2D eigenvalue weighted by Crippen LogP contribution is -2.19. The molecule has 1 aromatic heterocycles. The first-order valence-electron chi connectivity index (χ1n) is 6.55. The van der Waals surface area contributed by atoms with Crippen LogP contribution in [0.5, 0.6) is 5.75 Å². The summed E-state index contributed by atoms with van der Waals surface area (Å²) in [5.74, 6) is 0.956. The highest BCUT2D eigenvalue weighted by Gasteiger charge is 2.31. The SMILES string of the molecule is COc1cccc2cc(C3=C(C)SC4=NCCN43)sc12. The summed E-state index contributed by atoms with van der Waals surface area (Å²) in [5, 5.41) is 2.40. The Hall–Kier alpha value is -1.46. The Morgan fingerprint density at radius 2 is 2.25 bits per heavy atom. The zero-order valence-electron chi connectivity index (χ0n) is 11.3. The van der Waals surface area contributed by atoms with Gasteiger partial charge < -0.3 is 9.64 Å². The van der Waals surface area contributed by atoms with Gasteiger partial charge in [-0.05, 0) is 24.4 Å². The van der Waals surface area contributed by atoms with Gasteiger partial charge in [0, 0.05) is 11.4 Å². The van der Waals surface area contributed by atoms with Gasteiger partial charge in [0.05, 0.1) is 28.9 Å². The maximum Gasteiger partial charge on any atom is 0.168 e. The molecule has 0 atom stereocenters. The summed E-state index contributed by atoms with van der Waals surface area (Å²) >= 11 is 3.60. The summed E-state index contributed by atoms with van der Waals surface area (Å²) in [6, 6.07) is 8.49. The molecule has 0 bridgehead atoms. The number of amidine groups is 1. The lowest BCUT2D eigenvalue weighted by molar-refractivity contribution is 0.420. The minimum Gasteiger partial charge on any atom is -0.495 e. The normalized spacial score (nSPS) is 17.9. The van der Waals surface area contributed by atoms with Crippen molar-refractivity contribution >= 4 is 44.0 Å². The first-order valence-corrected chi connectivity index (χ1v) is 8.19. The second-order valence-corrected chi connectivity index (χ2v) is 7.05. The third kappa shape index (κ3) is 1.70. The zero-order valence-corrected chi connectivity index (χ0v) is 13.0. The van der Waals surface area contributed by atoms with Crippen molar-refractivity contribution in [2.24, 2.45) is 4.99 Å². The lowest BCUT2D eigenvalue weighted by atomic mass is 10.2. The van der Waals surface area contributed by atoms with Crippen LogP contribution < -0.4 is 4.74 Å². The van der Waals surface area contributed by atoms with E-state index in [0.29, 0.717) is 0 Å². The number of thiophene rings is 1. The second-order valence-electron chi connectivity index (χ2n) is 4.81. The largest absolute Gasteiger partial charge is 0.495 e. The Labute approximate surface area is 125 Å². The number of rotatable bonds is 2. The number of hydrogen-bond donors (Lipinski definition) is 0. The molecule has 0 N–H and O–H groups in total. The highest BCUT2D eigenvalue weighted by molar-refractivity contribution is 8.17. The van der Waals surface area contributed by atoms with Crippen LogP contribution in [-0.4, -0.2) is 30.3 Å². The van der Waals surface area contributed by atoms with E-state index < -0.39 is 0 Å². The summed E-state index contributed by atoms with van der Waals surface area (Å²) < 4.78 is 6.69. The average molecular weight is 302 g/mol. The van der Waals surface area contributed by atoms with E-state index in [1.165, 1.54) is 25.6 Å². The van der Waals surface area contributed by atoms with Crippen molar-refractivity contribution in [3.05, 3.63) is 34.0 Å². The maximum atomic E-state index is 5.47. The van der Waals surface area contributed by atoms with Crippen molar-refractivity contribution in [1.29, 1.82) is 0 Å². The Morgan fingerprint density at radius 3 is 3.10 bits per heavy atom. The number of allylic oxidation sites excluding steroid dienone is 1. The van der Waals surface area contributed by atoms with Gasteiger partial charge in [0.25, 0.3) is 0 Å². The van der Waals surface area contributed by atoms with Crippen molar-refractivity contribution in [3.8, 4) is 5.75 Å². The van der Waals surface area contributed by atoms with Gasteiger partial charge >= 0.3 is 0 Å². The number of nitrogens with zero attached hydrogens (tertiary/aromatic N) is 2. The zero-order chi connectivity index (χ0) is 13.7. The molecule has 0 radical (unpaired) electrons. The standard InChI is InChI=1S/C15H14N2OS2/c1-9-13(17-7-6-16-15(17)19-9)12-8-10-4-3-5-11(18-2)14(10)20-12/h3-5,8H,6-7H2,1-2H3. The first kappa shape index (κ1) is 12.3. The quantitative estimate of drug-likeness (QED) is 0.837. The number of fused-ring (bicyclic) bond motifs is 2. The van der Waals surface area contributed by atoms with Gasteiger partial charge in [-0.25, -0.2) is 0 Å². The van der Waals surface area contributed by atoms with Crippen LogP contribution in [-0.2, 0) is 0 Å². The molecule has 20 heavy (non-hydrogen) atoms. The number of ether oxygens (including phenoxy) is 1. The molecule has 4 rings (SSSR count). The fourth-order valence-electron chi connectivity index (χ4n) is 2.72. The van der Waals surface area contributed by atoms with Gasteiger partial charge in [0.2, 0.25) is 0 Å². The third-order valence-electron chi connectivity index (χ3n) is 3.61. The minimum absolute atomic E-state index is 0.910. The van der Waals surface area contributed by atoms with Crippen molar-refractivity contribution < 1.29 is 4.74 Å². The second kappa shape index (κ2) is 4.53. The number of hydrogen-bond acceptors (Lipinski definition) is 5. The summed E-state index contributed by atoms with van der Waals surface area (Å²) in [6.45, 7) is 4.09. The highest BCUT2D eigenvalue weighted by Crippen LogP contribution is 2.45. The van der Waals surface area contributed by atoms with Crippen LogP contribution in [0, 0.1) is 0 Å². The van der Waals surface area contributed by atoms with E-state index in [1.807, 2.05) is 12.1 Å². The molecular formula is C15H14N2OS2. The molecule has 2 aliphatic rings. The van der Waals surface area contributed by atoms with E-state index in [9.17, 15) is 0 Å². The van der Waals surface area contributed by atoms with Gasteiger partial charge in [0.1, 0.15) is 5.75 Å². The molecule has 3 heterocycles. The van der Waals surface area contributed by atoms with Crippen molar-refractivity contribution in [2.45, 2.75) is 6.92 Å². The van der Waals surface area contributed by atoms with Crippen LogP contribution in [0.2, 0.25) is 0 Å². The third-order valence-corrected chi connectivity index (χ3v) is 5.81. The molecule has 5 heteroatoms. The molecular weight excluding hydrogens is 288 g/mol. The molecule has 0 spiro atoms. The molecule has 3 nitrogen and oxygen atoms in total. The predicted octanol–water partition coefficient (Wildman–Crippen LogP) is 4.02. The van der Waals surface area contributed by atoms with E-state index in [-0.39, 0.29) is 0 Å². The van der Waals surface area contributed by atoms with E-state index >= 15 is 0 Å². The number of methoxy groups -OCH3 is 1. The van der Waals surface area contributed by atoms with Crippen LogP contribution in [0.25, 0.3) is 15.8 Å². The van der Waals surface area contributed by atoms with Gasteiger partial charge in [-0.2, -0.15) is 0 Å². The monoisotopic (exact) mass is 302 g/mol. The van der Waals surface area contributed by atoms with Crippen molar-refractivity contribution in [1.82, 2.24) is 4.90 Å². The molecule has 0 saturated heterocycles. The lowest BCUT2D eigenvalue weighted by Gasteiger charge is -2.15. The van der Waals surface area contributed by atoms with E-state index in [4.69, 9.17) is 4.74 Å². The van der Waals surface area contributed by atoms with E-state index in [0.717, 1.165) is 24.0 Å². The minimum atomic E-state index is 0.910. The van der Waals surface area contributed by atoms with Crippen molar-refractivity contribution in [3.63, 3.8) is 0 Å². The molecule has 0 unspecified atom stereocenters. The summed E-state index contributed by atoms with van der Waals surface area (Å²) in [7, 11) is 1.73. The summed E-state index contributed by atoms with van der Waals surface area (Å²) in [6.07, 6.45) is 0. The van der Waals surface area contributed by atoms with Crippen LogP contribution in [0.1, 0.15) is 11.8 Å². The Morgan fingerprint density at radius 1 is 1.35 bits per heavy atom. The Bertz CT molecular complexity index is 760. The number of thioether (sulfide) groups is 1. The molecule has 0 aliphatic carbocycles. The van der Waals surface area contributed by atoms with Gasteiger partial charge in [-0.1, -0.05) is 23.9 Å². The van der Waals surface area contributed by atoms with Crippen LogP contribution in [0.3, 0.4) is 0 Å². The predicted molar refractivity (Wildman–Crippen MR) is 87.6 cm³/mol. The van der Waals surface area contributed by atoms with Crippen LogP contribution >= 0.6 is 23.1 Å². The van der Waals surface area contributed by atoms with Crippen LogP contribution in [0.4, 0.5) is 0 Å². The average Bonchev–Trinajstić information content (AvgIpc) is 3.10. The molecule has 2 aromatic rings. The molecule has 0 fully saturated rings. The Kier molecular flexibility index (Phi) is 2.79. The van der Waals surface area contributed by atoms with Crippen LogP contribution in [0.15, 0.2) is 34.2 Å². The summed E-state index contributed by atoms with van der Waals surface area (Å²) in [4.78, 5) is 9.55. The topological polar surface area (TPSA) is 24.8 Å². The molecule has 1 aromatic carbocycles. The van der Waals surface area contributed by atoms with E-state index in [2.05, 4.69) is 28.9 Å². The molecule has 0 amide bonds. The fraction of sp³-hybridized carbons (Fsp3) is 0.267. The van der Waals surface area contributed by atoms with Gasteiger partial charge in [0.15, 0.2) is 5.17 Å². The smallest absolute Gasteiger partial charge is 0.168 e. The number of aliphatic imine (C=N–C) groups is 1. The number of benzene rings is 1. The molecule has 2 aliphatic heterocycles. The maximum absolute atomic E-state index is 5.47. The van der Waals surface area contributed by atoms with Crippen molar-refractivity contribution in [2.75, 3.05) is 20.2 Å². The first-order chi connectivity index (χ1) is 9.78. The van der Waals surface area contributed by atoms with E-state index in [1.54, 1.807) is 30.2 Å².